The number of fused-ring (bicyclic) bond motifs is 1. The van der Waals surface area contributed by atoms with Gasteiger partial charge < -0.3 is 10.1 Å². The summed E-state index contributed by atoms with van der Waals surface area (Å²) in [5.41, 5.74) is 0.0923. The second-order valence-corrected chi connectivity index (χ2v) is 7.74. The number of para-hydroxylation sites is 1. The van der Waals surface area contributed by atoms with Crippen LogP contribution in [0.25, 0.3) is 10.9 Å². The monoisotopic (exact) mass is 467 g/mol. The van der Waals surface area contributed by atoms with E-state index in [0.29, 0.717) is 21.5 Å². The van der Waals surface area contributed by atoms with E-state index in [2.05, 4.69) is 5.32 Å². The fourth-order valence-corrected chi connectivity index (χ4v) is 3.78. The van der Waals surface area contributed by atoms with Crippen molar-refractivity contribution in [3.05, 3.63) is 104 Å². The molecule has 0 aliphatic rings. The quantitative estimate of drug-likeness (QED) is 0.469. The maximum Gasteiger partial charge on any atom is 0.332 e. The van der Waals surface area contributed by atoms with Gasteiger partial charge in [0.1, 0.15) is 6.54 Å². The standard InChI is InChI=1S/C24H19ClFN3O4/c1-33-21-10-9-17(12-19(21)26)27-22(30)14-28-20-8-3-2-7-18(20)23(31)29(24(28)32)13-15-5-4-6-16(25)11-15/h2-12H,13-14H2,1H3,(H,27,30). The molecule has 1 aromatic heterocycles. The van der Waals surface area contributed by atoms with E-state index in [0.717, 1.165) is 10.6 Å². The summed E-state index contributed by atoms with van der Waals surface area (Å²) in [6.45, 7) is -0.378. The van der Waals surface area contributed by atoms with E-state index in [1.54, 1.807) is 48.5 Å². The first-order chi connectivity index (χ1) is 15.9. The Balaban J connectivity index is 1.72. The van der Waals surface area contributed by atoms with E-state index in [4.69, 9.17) is 16.3 Å². The lowest BCUT2D eigenvalue weighted by molar-refractivity contribution is -0.116. The normalized spacial score (nSPS) is 10.9. The van der Waals surface area contributed by atoms with Gasteiger partial charge in [-0.05, 0) is 42.0 Å². The number of nitrogens with zero attached hydrogens (tertiary/aromatic N) is 2. The Labute approximate surface area is 192 Å². The summed E-state index contributed by atoms with van der Waals surface area (Å²) in [7, 11) is 1.34. The van der Waals surface area contributed by atoms with Crippen LogP contribution in [-0.4, -0.2) is 22.2 Å². The average Bonchev–Trinajstić information content (AvgIpc) is 2.80. The van der Waals surface area contributed by atoms with Crippen molar-refractivity contribution in [2.24, 2.45) is 0 Å². The number of amides is 1. The lowest BCUT2D eigenvalue weighted by Gasteiger charge is -2.14. The number of carbonyl (C=O) groups is 1. The van der Waals surface area contributed by atoms with Crippen LogP contribution in [0, 0.1) is 5.82 Å². The highest BCUT2D eigenvalue weighted by atomic mass is 35.5. The minimum absolute atomic E-state index is 0.00558. The lowest BCUT2D eigenvalue weighted by Crippen LogP contribution is -2.42. The van der Waals surface area contributed by atoms with Crippen molar-refractivity contribution in [1.29, 1.82) is 0 Å². The molecule has 168 valence electrons. The van der Waals surface area contributed by atoms with E-state index in [9.17, 15) is 18.8 Å². The molecule has 7 nitrogen and oxygen atoms in total. The number of halogens is 2. The minimum Gasteiger partial charge on any atom is -0.494 e. The largest absolute Gasteiger partial charge is 0.494 e. The first kappa shape index (κ1) is 22.3. The third-order valence-corrected chi connectivity index (χ3v) is 5.33. The van der Waals surface area contributed by atoms with Gasteiger partial charge in [-0.1, -0.05) is 35.9 Å². The number of carbonyl (C=O) groups excluding carboxylic acids is 1. The summed E-state index contributed by atoms with van der Waals surface area (Å²) < 4.78 is 21.1. The van der Waals surface area contributed by atoms with Gasteiger partial charge in [0.05, 0.1) is 24.6 Å². The molecule has 0 bridgehead atoms. The van der Waals surface area contributed by atoms with Crippen molar-refractivity contribution < 1.29 is 13.9 Å². The van der Waals surface area contributed by atoms with Crippen LogP contribution < -0.4 is 21.3 Å². The average molecular weight is 468 g/mol. The summed E-state index contributed by atoms with van der Waals surface area (Å²) in [6.07, 6.45) is 0. The van der Waals surface area contributed by atoms with Crippen LogP contribution in [0.5, 0.6) is 5.75 Å². The molecule has 1 heterocycles. The summed E-state index contributed by atoms with van der Waals surface area (Å²) in [5.74, 6) is -1.14. The fraction of sp³-hybridized carbons (Fsp3) is 0.125. The molecule has 4 aromatic rings. The maximum atomic E-state index is 14.0. The van der Waals surface area contributed by atoms with Crippen molar-refractivity contribution in [3.63, 3.8) is 0 Å². The molecule has 1 amide bonds. The third-order valence-electron chi connectivity index (χ3n) is 5.10. The molecule has 0 aliphatic heterocycles. The molecule has 0 radical (unpaired) electrons. The van der Waals surface area contributed by atoms with Crippen LogP contribution in [0.2, 0.25) is 5.02 Å². The fourth-order valence-electron chi connectivity index (χ4n) is 3.57. The van der Waals surface area contributed by atoms with Gasteiger partial charge in [0.25, 0.3) is 5.56 Å². The van der Waals surface area contributed by atoms with Gasteiger partial charge in [0, 0.05) is 16.8 Å². The predicted molar refractivity (Wildman–Crippen MR) is 125 cm³/mol. The van der Waals surface area contributed by atoms with Gasteiger partial charge in [-0.25, -0.2) is 9.18 Å². The molecular formula is C24H19ClFN3O4. The Morgan fingerprint density at radius 1 is 1.03 bits per heavy atom. The molecule has 4 rings (SSSR count). The predicted octanol–water partition coefficient (Wildman–Crippen LogP) is 3.65. The summed E-state index contributed by atoms with van der Waals surface area (Å²) >= 11 is 6.03. The van der Waals surface area contributed by atoms with Crippen molar-refractivity contribution >= 4 is 34.1 Å². The number of methoxy groups -OCH3 is 1. The molecule has 9 heteroatoms. The third kappa shape index (κ3) is 4.65. The van der Waals surface area contributed by atoms with Crippen LogP contribution >= 0.6 is 11.6 Å². The minimum atomic E-state index is -0.644. The number of hydrogen-bond acceptors (Lipinski definition) is 4. The topological polar surface area (TPSA) is 82.3 Å². The second kappa shape index (κ2) is 9.30. The van der Waals surface area contributed by atoms with E-state index in [1.807, 2.05) is 0 Å². The highest BCUT2D eigenvalue weighted by Gasteiger charge is 2.16. The molecule has 0 aliphatic carbocycles. The second-order valence-electron chi connectivity index (χ2n) is 7.30. The molecule has 0 spiro atoms. The van der Waals surface area contributed by atoms with Crippen molar-refractivity contribution in [2.75, 3.05) is 12.4 Å². The Kier molecular flexibility index (Phi) is 6.28. The lowest BCUT2D eigenvalue weighted by atomic mass is 10.2. The zero-order valence-electron chi connectivity index (χ0n) is 17.5. The van der Waals surface area contributed by atoms with Crippen molar-refractivity contribution in [1.82, 2.24) is 9.13 Å². The van der Waals surface area contributed by atoms with Crippen LogP contribution in [0.4, 0.5) is 10.1 Å². The molecule has 3 aromatic carbocycles. The van der Waals surface area contributed by atoms with Crippen LogP contribution in [-0.2, 0) is 17.9 Å². The molecule has 0 atom stereocenters. The summed E-state index contributed by atoms with van der Waals surface area (Å²) in [5, 5.41) is 3.34. The van der Waals surface area contributed by atoms with Crippen molar-refractivity contribution in [2.45, 2.75) is 13.1 Å². The van der Waals surface area contributed by atoms with Gasteiger partial charge in [-0.2, -0.15) is 0 Å². The van der Waals surface area contributed by atoms with Gasteiger partial charge in [0.15, 0.2) is 11.6 Å². The highest BCUT2D eigenvalue weighted by Crippen LogP contribution is 2.20. The van der Waals surface area contributed by atoms with Crippen molar-refractivity contribution in [3.8, 4) is 5.75 Å². The van der Waals surface area contributed by atoms with E-state index < -0.39 is 23.0 Å². The zero-order chi connectivity index (χ0) is 23.5. The summed E-state index contributed by atoms with van der Waals surface area (Å²) in [6, 6.07) is 17.4. The van der Waals surface area contributed by atoms with Gasteiger partial charge in [-0.15, -0.1) is 0 Å². The van der Waals surface area contributed by atoms with Gasteiger partial charge in [-0.3, -0.25) is 18.7 Å². The Hall–Kier alpha value is -3.91. The Morgan fingerprint density at radius 3 is 2.55 bits per heavy atom. The van der Waals surface area contributed by atoms with E-state index in [-0.39, 0.29) is 24.5 Å². The van der Waals surface area contributed by atoms with Crippen LogP contribution in [0.15, 0.2) is 76.3 Å². The Morgan fingerprint density at radius 2 is 1.82 bits per heavy atom. The van der Waals surface area contributed by atoms with Gasteiger partial charge >= 0.3 is 5.69 Å². The van der Waals surface area contributed by atoms with Crippen LogP contribution in [0.1, 0.15) is 5.56 Å². The van der Waals surface area contributed by atoms with E-state index >= 15 is 0 Å². The number of aromatic nitrogens is 2. The smallest absolute Gasteiger partial charge is 0.332 e. The first-order valence-electron chi connectivity index (χ1n) is 9.97. The number of hydrogen-bond donors (Lipinski definition) is 1. The summed E-state index contributed by atoms with van der Waals surface area (Å²) in [4.78, 5) is 39.0. The number of rotatable bonds is 6. The molecule has 0 unspecified atom stereocenters. The molecule has 0 saturated carbocycles. The number of benzene rings is 3. The number of nitrogens with one attached hydrogen (secondary N) is 1. The molecule has 1 N–H and O–H groups in total. The molecular weight excluding hydrogens is 449 g/mol. The highest BCUT2D eigenvalue weighted by molar-refractivity contribution is 6.30. The van der Waals surface area contributed by atoms with Gasteiger partial charge in [0.2, 0.25) is 5.91 Å². The number of anilines is 1. The zero-order valence-corrected chi connectivity index (χ0v) is 18.3. The Bertz CT molecular complexity index is 1480. The first-order valence-corrected chi connectivity index (χ1v) is 10.4. The molecule has 33 heavy (non-hydrogen) atoms. The van der Waals surface area contributed by atoms with E-state index in [1.165, 1.54) is 23.8 Å². The SMILES string of the molecule is COc1ccc(NC(=O)Cn2c(=O)n(Cc3cccc(Cl)c3)c(=O)c3ccccc32)cc1F. The number of ether oxygens (including phenoxy) is 1. The molecule has 0 fully saturated rings. The molecule has 0 saturated heterocycles. The van der Waals surface area contributed by atoms with Crippen LogP contribution in [0.3, 0.4) is 0 Å². The maximum absolute atomic E-state index is 14.0.